The van der Waals surface area contributed by atoms with Gasteiger partial charge < -0.3 is 11.1 Å². The molecule has 0 aliphatic rings. The van der Waals surface area contributed by atoms with Crippen LogP contribution < -0.4 is 11.1 Å². The fourth-order valence-corrected chi connectivity index (χ4v) is 1.88. The zero-order chi connectivity index (χ0) is 12.6. The van der Waals surface area contributed by atoms with Crippen molar-refractivity contribution in [3.05, 3.63) is 30.1 Å². The van der Waals surface area contributed by atoms with Crippen molar-refractivity contribution in [1.82, 2.24) is 4.98 Å². The highest BCUT2D eigenvalue weighted by atomic mass is 15.0. The smallest absolute Gasteiger partial charge is 0.0426 e. The van der Waals surface area contributed by atoms with E-state index < -0.39 is 0 Å². The number of rotatable bonds is 1. The Labute approximate surface area is 102 Å². The van der Waals surface area contributed by atoms with Crippen LogP contribution >= 0.6 is 0 Å². The quantitative estimate of drug-likeness (QED) is 0.737. The molecule has 3 heteroatoms. The Bertz CT molecular complexity index is 553. The van der Waals surface area contributed by atoms with Crippen molar-refractivity contribution in [3.63, 3.8) is 0 Å². The van der Waals surface area contributed by atoms with Crippen LogP contribution in [0.3, 0.4) is 0 Å². The van der Waals surface area contributed by atoms with Gasteiger partial charge in [0.25, 0.3) is 0 Å². The van der Waals surface area contributed by atoms with Crippen molar-refractivity contribution < 1.29 is 0 Å². The summed E-state index contributed by atoms with van der Waals surface area (Å²) in [6, 6.07) is 6.02. The van der Waals surface area contributed by atoms with Crippen LogP contribution in [0.5, 0.6) is 0 Å². The van der Waals surface area contributed by atoms with Crippen LogP contribution in [0.1, 0.15) is 26.5 Å². The van der Waals surface area contributed by atoms with Gasteiger partial charge in [-0.2, -0.15) is 0 Å². The Kier molecular flexibility index (Phi) is 2.69. The van der Waals surface area contributed by atoms with E-state index in [9.17, 15) is 0 Å². The first-order chi connectivity index (χ1) is 7.87. The van der Waals surface area contributed by atoms with Gasteiger partial charge in [-0.1, -0.05) is 0 Å². The van der Waals surface area contributed by atoms with Crippen molar-refractivity contribution >= 4 is 22.1 Å². The van der Waals surface area contributed by atoms with Crippen LogP contribution in [0.2, 0.25) is 0 Å². The zero-order valence-electron chi connectivity index (χ0n) is 10.8. The third-order valence-electron chi connectivity index (χ3n) is 2.58. The van der Waals surface area contributed by atoms with Crippen LogP contribution in [0.15, 0.2) is 24.4 Å². The lowest BCUT2D eigenvalue weighted by molar-refractivity contribution is 0.635. The highest BCUT2D eigenvalue weighted by Gasteiger charge is 2.12. The van der Waals surface area contributed by atoms with Crippen LogP contribution in [0, 0.1) is 6.92 Å². The van der Waals surface area contributed by atoms with Gasteiger partial charge in [0.2, 0.25) is 0 Å². The van der Waals surface area contributed by atoms with E-state index in [0.29, 0.717) is 0 Å². The number of aromatic nitrogens is 1. The van der Waals surface area contributed by atoms with E-state index in [0.717, 1.165) is 27.8 Å². The van der Waals surface area contributed by atoms with E-state index in [2.05, 4.69) is 37.1 Å². The van der Waals surface area contributed by atoms with E-state index in [1.54, 1.807) is 0 Å². The monoisotopic (exact) mass is 229 g/mol. The van der Waals surface area contributed by atoms with Gasteiger partial charge in [-0.05, 0) is 45.9 Å². The number of benzene rings is 1. The summed E-state index contributed by atoms with van der Waals surface area (Å²) < 4.78 is 0. The van der Waals surface area contributed by atoms with Gasteiger partial charge in [-0.3, -0.25) is 4.98 Å². The number of anilines is 2. The van der Waals surface area contributed by atoms with Gasteiger partial charge >= 0.3 is 0 Å². The van der Waals surface area contributed by atoms with E-state index in [-0.39, 0.29) is 5.54 Å². The van der Waals surface area contributed by atoms with Gasteiger partial charge in [-0.15, -0.1) is 0 Å². The molecule has 0 aliphatic heterocycles. The maximum atomic E-state index is 5.97. The molecule has 0 amide bonds. The molecule has 0 bridgehead atoms. The van der Waals surface area contributed by atoms with E-state index in [4.69, 9.17) is 5.73 Å². The summed E-state index contributed by atoms with van der Waals surface area (Å²) >= 11 is 0. The van der Waals surface area contributed by atoms with E-state index in [1.165, 1.54) is 0 Å². The van der Waals surface area contributed by atoms with Crippen LogP contribution in [0.25, 0.3) is 10.8 Å². The summed E-state index contributed by atoms with van der Waals surface area (Å²) in [5.41, 5.74) is 8.87. The molecule has 3 N–H and O–H groups in total. The average Bonchev–Trinajstić information content (AvgIpc) is 2.20. The van der Waals surface area contributed by atoms with Gasteiger partial charge in [0.05, 0.1) is 0 Å². The lowest BCUT2D eigenvalue weighted by Gasteiger charge is -2.23. The Balaban J connectivity index is 2.64. The molecular weight excluding hydrogens is 210 g/mol. The molecule has 90 valence electrons. The number of nitrogens with one attached hydrogen (secondary N) is 1. The highest BCUT2D eigenvalue weighted by Crippen LogP contribution is 2.29. The Hall–Kier alpha value is -1.77. The topological polar surface area (TPSA) is 50.9 Å². The van der Waals surface area contributed by atoms with E-state index >= 15 is 0 Å². The number of hydrogen-bond donors (Lipinski definition) is 2. The zero-order valence-corrected chi connectivity index (χ0v) is 10.8. The Morgan fingerprint density at radius 2 is 1.88 bits per heavy atom. The molecule has 0 fully saturated rings. The summed E-state index contributed by atoms with van der Waals surface area (Å²) in [5.74, 6) is 0. The van der Waals surface area contributed by atoms with Crippen LogP contribution in [0.4, 0.5) is 11.4 Å². The van der Waals surface area contributed by atoms with Crippen LogP contribution in [-0.4, -0.2) is 10.5 Å². The second kappa shape index (κ2) is 3.91. The first kappa shape index (κ1) is 11.7. The number of aryl methyl sites for hydroxylation is 1. The molecule has 2 aromatic rings. The first-order valence-electron chi connectivity index (χ1n) is 5.80. The molecular formula is C14H19N3. The molecule has 0 atom stereocenters. The minimum absolute atomic E-state index is 0.0280. The number of nitrogens with zero attached hydrogens (tertiary/aromatic N) is 1. The predicted molar refractivity (Wildman–Crippen MR) is 74.3 cm³/mol. The lowest BCUT2D eigenvalue weighted by atomic mass is 10.0. The van der Waals surface area contributed by atoms with Crippen molar-refractivity contribution in [2.75, 3.05) is 11.1 Å². The number of nitrogen functional groups attached to an aromatic ring is 1. The van der Waals surface area contributed by atoms with Crippen molar-refractivity contribution in [3.8, 4) is 0 Å². The molecule has 3 nitrogen and oxygen atoms in total. The highest BCUT2D eigenvalue weighted by molar-refractivity contribution is 6.00. The van der Waals surface area contributed by atoms with Gasteiger partial charge in [-0.25, -0.2) is 0 Å². The maximum Gasteiger partial charge on any atom is 0.0426 e. The Morgan fingerprint density at radius 3 is 2.53 bits per heavy atom. The summed E-state index contributed by atoms with van der Waals surface area (Å²) in [5, 5.41) is 5.63. The summed E-state index contributed by atoms with van der Waals surface area (Å²) in [6.45, 7) is 8.42. The number of fused-ring (bicyclic) bond motifs is 1. The summed E-state index contributed by atoms with van der Waals surface area (Å²) in [6.07, 6.45) is 1.84. The van der Waals surface area contributed by atoms with Gasteiger partial charge in [0.1, 0.15) is 0 Å². The summed E-state index contributed by atoms with van der Waals surface area (Å²) in [4.78, 5) is 4.30. The van der Waals surface area contributed by atoms with Gasteiger partial charge in [0.15, 0.2) is 0 Å². The molecule has 0 saturated carbocycles. The van der Waals surface area contributed by atoms with E-state index in [1.807, 2.05) is 25.3 Å². The second-order valence-corrected chi connectivity index (χ2v) is 5.45. The third kappa shape index (κ3) is 2.49. The van der Waals surface area contributed by atoms with Gasteiger partial charge in [0, 0.05) is 39.6 Å². The second-order valence-electron chi connectivity index (χ2n) is 5.45. The lowest BCUT2D eigenvalue weighted by Crippen LogP contribution is -2.26. The molecule has 1 heterocycles. The molecule has 1 aromatic heterocycles. The van der Waals surface area contributed by atoms with Crippen LogP contribution in [-0.2, 0) is 0 Å². The van der Waals surface area contributed by atoms with Crippen molar-refractivity contribution in [1.29, 1.82) is 0 Å². The molecule has 0 aliphatic carbocycles. The van der Waals surface area contributed by atoms with Crippen molar-refractivity contribution in [2.24, 2.45) is 0 Å². The minimum atomic E-state index is 0.0280. The molecule has 17 heavy (non-hydrogen) atoms. The molecule has 0 saturated heterocycles. The molecule has 1 aromatic carbocycles. The SMILES string of the molecule is Cc1cc2c(NC(C)(C)C)ccc(N)c2cn1. The largest absolute Gasteiger partial charge is 0.398 e. The number of hydrogen-bond acceptors (Lipinski definition) is 3. The molecule has 0 spiro atoms. The average molecular weight is 229 g/mol. The fourth-order valence-electron chi connectivity index (χ4n) is 1.88. The minimum Gasteiger partial charge on any atom is -0.398 e. The normalized spacial score (nSPS) is 11.8. The molecule has 2 rings (SSSR count). The number of pyridine rings is 1. The van der Waals surface area contributed by atoms with Crippen molar-refractivity contribution in [2.45, 2.75) is 33.2 Å². The molecule has 0 radical (unpaired) electrons. The Morgan fingerprint density at radius 1 is 1.18 bits per heavy atom. The summed E-state index contributed by atoms with van der Waals surface area (Å²) in [7, 11) is 0. The third-order valence-corrected chi connectivity index (χ3v) is 2.58. The maximum absolute atomic E-state index is 5.97. The molecule has 0 unspecified atom stereocenters. The fraction of sp³-hybridized carbons (Fsp3) is 0.357. The first-order valence-corrected chi connectivity index (χ1v) is 5.80. The standard InChI is InChI=1S/C14H19N3/c1-9-7-10-11(8-16-9)12(15)5-6-13(10)17-14(2,3)4/h5-8,17H,15H2,1-4H3. The number of nitrogens with two attached hydrogens (primary N) is 1. The predicted octanol–water partition coefficient (Wildman–Crippen LogP) is 3.34.